The molecule has 2 aromatic carbocycles. The second-order valence-corrected chi connectivity index (χ2v) is 8.34. The molecule has 1 fully saturated rings. The molecule has 0 spiro atoms. The molecule has 7 nitrogen and oxygen atoms in total. The molecule has 0 saturated carbocycles. The van der Waals surface area contributed by atoms with Crippen molar-refractivity contribution in [3.63, 3.8) is 0 Å². The highest BCUT2D eigenvalue weighted by molar-refractivity contribution is 7.89. The first-order chi connectivity index (χ1) is 12.8. The number of aromatic hydroxyl groups is 1. The van der Waals surface area contributed by atoms with Crippen LogP contribution in [0.1, 0.15) is 15.9 Å². The van der Waals surface area contributed by atoms with Crippen LogP contribution in [0.5, 0.6) is 5.75 Å². The van der Waals surface area contributed by atoms with Gasteiger partial charge in [-0.2, -0.15) is 0 Å². The Labute approximate surface area is 159 Å². The smallest absolute Gasteiger partial charge is 0.254 e. The van der Waals surface area contributed by atoms with Gasteiger partial charge in [-0.1, -0.05) is 18.2 Å². The molecule has 0 bridgehead atoms. The zero-order valence-electron chi connectivity index (χ0n) is 15.3. The fourth-order valence-corrected chi connectivity index (χ4v) is 3.92. The van der Waals surface area contributed by atoms with Crippen LogP contribution in [0, 0.1) is 6.92 Å². The third-order valence-corrected chi connectivity index (χ3v) is 6.22. The van der Waals surface area contributed by atoms with Crippen LogP contribution in [0.3, 0.4) is 0 Å². The van der Waals surface area contributed by atoms with Crippen LogP contribution in [-0.2, 0) is 10.0 Å². The summed E-state index contributed by atoms with van der Waals surface area (Å²) in [5.41, 5.74) is 1.88. The summed E-state index contributed by atoms with van der Waals surface area (Å²) in [6.45, 7) is 3.97. The molecule has 1 saturated heterocycles. The number of nitrogens with one attached hydrogen (secondary N) is 1. The van der Waals surface area contributed by atoms with Crippen LogP contribution in [0.15, 0.2) is 47.4 Å². The number of para-hydroxylation sites is 2. The Morgan fingerprint density at radius 3 is 2.37 bits per heavy atom. The number of sulfonamides is 1. The van der Waals surface area contributed by atoms with Crippen molar-refractivity contribution in [2.45, 2.75) is 11.8 Å². The minimum atomic E-state index is -3.61. The molecule has 1 amide bonds. The highest BCUT2D eigenvalue weighted by Gasteiger charge is 2.25. The van der Waals surface area contributed by atoms with Gasteiger partial charge in [0.1, 0.15) is 5.75 Å². The first-order valence-corrected chi connectivity index (χ1v) is 10.2. The van der Waals surface area contributed by atoms with Gasteiger partial charge in [0.2, 0.25) is 10.0 Å². The first-order valence-electron chi connectivity index (χ1n) is 8.70. The Morgan fingerprint density at radius 2 is 1.74 bits per heavy atom. The predicted octanol–water partition coefficient (Wildman–Crippen LogP) is 1.57. The van der Waals surface area contributed by atoms with Gasteiger partial charge in [-0.05, 0) is 43.8 Å². The Bertz CT molecular complexity index is 951. The molecular formula is C19H23N3O4S. The van der Waals surface area contributed by atoms with Crippen LogP contribution >= 0.6 is 0 Å². The van der Waals surface area contributed by atoms with Crippen molar-refractivity contribution in [1.29, 1.82) is 0 Å². The van der Waals surface area contributed by atoms with E-state index in [1.165, 1.54) is 19.2 Å². The number of rotatable bonds is 4. The molecule has 1 heterocycles. The van der Waals surface area contributed by atoms with Crippen LogP contribution in [0.25, 0.3) is 0 Å². The highest BCUT2D eigenvalue weighted by atomic mass is 32.2. The summed E-state index contributed by atoms with van der Waals surface area (Å²) < 4.78 is 26.3. The van der Waals surface area contributed by atoms with Crippen molar-refractivity contribution in [3.05, 3.63) is 53.6 Å². The number of anilines is 1. The molecule has 3 rings (SSSR count). The topological polar surface area (TPSA) is 90.0 Å². The normalized spacial score (nSPS) is 15.0. The number of carbonyl (C=O) groups excluding carboxylic acids is 1. The Kier molecular flexibility index (Phi) is 5.38. The van der Waals surface area contributed by atoms with Gasteiger partial charge in [-0.3, -0.25) is 4.79 Å². The minimum absolute atomic E-state index is 0.0757. The number of hydrogen-bond acceptors (Lipinski definition) is 5. The van der Waals surface area contributed by atoms with Crippen LogP contribution in [0.2, 0.25) is 0 Å². The molecule has 0 aromatic heterocycles. The largest absolute Gasteiger partial charge is 0.506 e. The molecule has 1 aliphatic rings. The number of benzene rings is 2. The van der Waals surface area contributed by atoms with E-state index in [1.54, 1.807) is 30.0 Å². The molecule has 1 aliphatic heterocycles. The lowest BCUT2D eigenvalue weighted by molar-refractivity contribution is 0.0745. The molecule has 2 aromatic rings. The number of piperazine rings is 1. The summed E-state index contributed by atoms with van der Waals surface area (Å²) in [4.78, 5) is 16.8. The second-order valence-electron chi connectivity index (χ2n) is 6.45. The average molecular weight is 389 g/mol. The van der Waals surface area contributed by atoms with E-state index in [9.17, 15) is 18.3 Å². The third kappa shape index (κ3) is 3.91. The number of hydrogen-bond donors (Lipinski definition) is 2. The van der Waals surface area contributed by atoms with E-state index in [-0.39, 0.29) is 16.6 Å². The maximum absolute atomic E-state index is 12.9. The van der Waals surface area contributed by atoms with Gasteiger partial charge < -0.3 is 14.9 Å². The quantitative estimate of drug-likeness (QED) is 0.829. The summed E-state index contributed by atoms with van der Waals surface area (Å²) in [6, 6.07) is 11.7. The minimum Gasteiger partial charge on any atom is -0.506 e. The molecule has 2 N–H and O–H groups in total. The number of phenols is 1. The molecule has 0 aliphatic carbocycles. The zero-order chi connectivity index (χ0) is 19.6. The number of phenolic OH excluding ortho intramolecular Hbond substituents is 1. The second kappa shape index (κ2) is 7.58. The molecule has 144 valence electrons. The average Bonchev–Trinajstić information content (AvgIpc) is 2.68. The van der Waals surface area contributed by atoms with E-state index >= 15 is 0 Å². The summed E-state index contributed by atoms with van der Waals surface area (Å²) in [5.74, 6) is 0.0377. The number of aryl methyl sites for hydroxylation is 1. The Balaban J connectivity index is 1.77. The van der Waals surface area contributed by atoms with Crippen molar-refractivity contribution in [2.24, 2.45) is 0 Å². The summed E-state index contributed by atoms with van der Waals surface area (Å²) in [7, 11) is -2.27. The summed E-state index contributed by atoms with van der Waals surface area (Å²) in [5, 5.41) is 10.00. The Morgan fingerprint density at radius 1 is 1.07 bits per heavy atom. The zero-order valence-corrected chi connectivity index (χ0v) is 16.2. The van der Waals surface area contributed by atoms with E-state index < -0.39 is 10.0 Å². The lowest BCUT2D eigenvalue weighted by atomic mass is 10.1. The van der Waals surface area contributed by atoms with Crippen molar-refractivity contribution < 1.29 is 18.3 Å². The monoisotopic (exact) mass is 389 g/mol. The van der Waals surface area contributed by atoms with E-state index in [0.717, 1.165) is 11.3 Å². The molecule has 0 radical (unpaired) electrons. The molecule has 0 atom stereocenters. The lowest BCUT2D eigenvalue weighted by Gasteiger charge is -2.36. The molecule has 0 unspecified atom stereocenters. The van der Waals surface area contributed by atoms with Crippen molar-refractivity contribution in [3.8, 4) is 5.75 Å². The Hall–Kier alpha value is -2.58. The summed E-state index contributed by atoms with van der Waals surface area (Å²) in [6.07, 6.45) is 0. The van der Waals surface area contributed by atoms with E-state index in [0.29, 0.717) is 31.7 Å². The van der Waals surface area contributed by atoms with Crippen LogP contribution in [0.4, 0.5) is 5.69 Å². The van der Waals surface area contributed by atoms with Gasteiger partial charge in [0.15, 0.2) is 0 Å². The molecule has 8 heteroatoms. The van der Waals surface area contributed by atoms with Crippen molar-refractivity contribution >= 4 is 21.6 Å². The van der Waals surface area contributed by atoms with Crippen LogP contribution < -0.4 is 9.62 Å². The van der Waals surface area contributed by atoms with Crippen molar-refractivity contribution in [2.75, 3.05) is 38.1 Å². The maximum Gasteiger partial charge on any atom is 0.254 e. The maximum atomic E-state index is 12.9. The fraction of sp³-hybridized carbons (Fsp3) is 0.316. The van der Waals surface area contributed by atoms with Gasteiger partial charge in [-0.25, -0.2) is 13.1 Å². The van der Waals surface area contributed by atoms with Gasteiger partial charge in [-0.15, -0.1) is 0 Å². The SMILES string of the molecule is CNS(=O)(=O)c1ccc(C)c(C(=O)N2CCN(c3ccccc3O)CC2)c1. The first kappa shape index (κ1) is 19.2. The number of amides is 1. The number of carbonyl (C=O) groups is 1. The predicted molar refractivity (Wildman–Crippen MR) is 104 cm³/mol. The third-order valence-electron chi connectivity index (χ3n) is 4.81. The summed E-state index contributed by atoms with van der Waals surface area (Å²) >= 11 is 0. The van der Waals surface area contributed by atoms with Crippen LogP contribution in [-0.4, -0.2) is 57.6 Å². The van der Waals surface area contributed by atoms with Gasteiger partial charge in [0.25, 0.3) is 5.91 Å². The fourth-order valence-electron chi connectivity index (χ4n) is 3.17. The van der Waals surface area contributed by atoms with Gasteiger partial charge in [0.05, 0.1) is 10.6 Å². The van der Waals surface area contributed by atoms with E-state index in [2.05, 4.69) is 4.72 Å². The van der Waals surface area contributed by atoms with E-state index in [4.69, 9.17) is 0 Å². The van der Waals surface area contributed by atoms with Gasteiger partial charge >= 0.3 is 0 Å². The standard InChI is InChI=1S/C19H23N3O4S/c1-14-7-8-15(27(25,26)20-2)13-16(14)19(24)22-11-9-21(10-12-22)17-5-3-4-6-18(17)23/h3-8,13,20,23H,9-12H2,1-2H3. The molecule has 27 heavy (non-hydrogen) atoms. The highest BCUT2D eigenvalue weighted by Crippen LogP contribution is 2.27. The van der Waals surface area contributed by atoms with Crippen molar-refractivity contribution in [1.82, 2.24) is 9.62 Å². The number of nitrogens with zero attached hydrogens (tertiary/aromatic N) is 2. The van der Waals surface area contributed by atoms with E-state index in [1.807, 2.05) is 17.0 Å². The lowest BCUT2D eigenvalue weighted by Crippen LogP contribution is -2.49. The molecular weight excluding hydrogens is 366 g/mol. The van der Waals surface area contributed by atoms with Gasteiger partial charge in [0, 0.05) is 31.7 Å².